The van der Waals surface area contributed by atoms with Crippen LogP contribution in [0.15, 0.2) is 0 Å². The first-order valence-electron chi connectivity index (χ1n) is 8.03. The largest absolute Gasteiger partial charge is 0.416 e. The van der Waals surface area contributed by atoms with Crippen molar-refractivity contribution in [1.82, 2.24) is 4.90 Å². The second-order valence-electron chi connectivity index (χ2n) is 7.48. The molecule has 0 aromatic carbocycles. The molecule has 0 aromatic rings. The Hall–Kier alpha value is 0.137. The average Bonchev–Trinajstić information content (AvgIpc) is 3.02. The van der Waals surface area contributed by atoms with Crippen molar-refractivity contribution >= 4 is 8.32 Å². The van der Waals surface area contributed by atoms with Crippen LogP contribution < -0.4 is 0 Å². The molecule has 1 saturated carbocycles. The van der Waals surface area contributed by atoms with Gasteiger partial charge in [-0.2, -0.15) is 0 Å². The van der Waals surface area contributed by atoms with E-state index in [0.717, 1.165) is 18.6 Å². The van der Waals surface area contributed by atoms with Gasteiger partial charge in [0.05, 0.1) is 0 Å². The summed E-state index contributed by atoms with van der Waals surface area (Å²) in [6.07, 6.45) is 2.62. The van der Waals surface area contributed by atoms with Crippen LogP contribution in [0.2, 0.25) is 16.6 Å². The predicted octanol–water partition coefficient (Wildman–Crippen LogP) is 4.52. The van der Waals surface area contributed by atoms with Crippen LogP contribution in [-0.4, -0.2) is 40.0 Å². The van der Waals surface area contributed by atoms with E-state index in [1.165, 1.54) is 12.8 Å². The van der Waals surface area contributed by atoms with Gasteiger partial charge in [0.2, 0.25) is 0 Å². The van der Waals surface area contributed by atoms with Crippen LogP contribution in [0.1, 0.15) is 54.4 Å². The maximum Gasteiger partial charge on any atom is 0.200 e. The van der Waals surface area contributed by atoms with E-state index in [9.17, 15) is 0 Å². The highest BCUT2D eigenvalue weighted by Gasteiger charge is 2.45. The molecule has 1 aliphatic carbocycles. The van der Waals surface area contributed by atoms with Crippen molar-refractivity contribution in [2.45, 2.75) is 77.0 Å². The standard InChI is InChI=1S/C16H35NOSi/c1-12(2)19(13(3)4,14(5)6)18-10-9-15-11-16(15)17(7)8/h12-16H,9-11H2,1-8H3/t15?,16-/m0/s1. The van der Waals surface area contributed by atoms with E-state index in [0.29, 0.717) is 16.6 Å². The van der Waals surface area contributed by atoms with E-state index in [4.69, 9.17) is 4.43 Å². The monoisotopic (exact) mass is 285 g/mol. The maximum absolute atomic E-state index is 6.61. The second-order valence-corrected chi connectivity index (χ2v) is 12.9. The minimum atomic E-state index is -1.63. The summed E-state index contributed by atoms with van der Waals surface area (Å²) < 4.78 is 6.61. The molecule has 2 nitrogen and oxygen atoms in total. The van der Waals surface area contributed by atoms with E-state index in [1.54, 1.807) is 0 Å². The highest BCUT2D eigenvalue weighted by atomic mass is 28.4. The smallest absolute Gasteiger partial charge is 0.200 e. The Morgan fingerprint density at radius 2 is 1.47 bits per heavy atom. The summed E-state index contributed by atoms with van der Waals surface area (Å²) in [6, 6.07) is 0.816. The number of hydrogen-bond acceptors (Lipinski definition) is 2. The van der Waals surface area contributed by atoms with Crippen LogP contribution in [0.4, 0.5) is 0 Å². The van der Waals surface area contributed by atoms with E-state index in [2.05, 4.69) is 60.5 Å². The molecule has 19 heavy (non-hydrogen) atoms. The van der Waals surface area contributed by atoms with Gasteiger partial charge in [-0.05, 0) is 49.5 Å². The van der Waals surface area contributed by atoms with Crippen LogP contribution >= 0.6 is 0 Å². The van der Waals surface area contributed by atoms with Crippen LogP contribution in [0.5, 0.6) is 0 Å². The molecule has 3 heteroatoms. The highest BCUT2D eigenvalue weighted by Crippen LogP contribution is 2.43. The third-order valence-corrected chi connectivity index (χ3v) is 11.2. The first-order chi connectivity index (χ1) is 8.73. The van der Waals surface area contributed by atoms with Gasteiger partial charge in [0.25, 0.3) is 0 Å². The van der Waals surface area contributed by atoms with Gasteiger partial charge in [-0.1, -0.05) is 41.5 Å². The molecule has 0 aliphatic heterocycles. The van der Waals surface area contributed by atoms with E-state index >= 15 is 0 Å². The van der Waals surface area contributed by atoms with Crippen LogP contribution in [0.3, 0.4) is 0 Å². The van der Waals surface area contributed by atoms with Crippen molar-refractivity contribution in [2.24, 2.45) is 5.92 Å². The molecule has 0 aromatic heterocycles. The third-order valence-electron chi connectivity index (χ3n) is 5.10. The fourth-order valence-corrected chi connectivity index (χ4v) is 9.53. The fourth-order valence-electron chi connectivity index (χ4n) is 4.06. The van der Waals surface area contributed by atoms with Gasteiger partial charge in [-0.3, -0.25) is 0 Å². The van der Waals surface area contributed by atoms with Gasteiger partial charge in [-0.15, -0.1) is 0 Å². The Morgan fingerprint density at radius 3 is 1.79 bits per heavy atom. The van der Waals surface area contributed by atoms with Crippen LogP contribution in [-0.2, 0) is 4.43 Å². The van der Waals surface area contributed by atoms with Gasteiger partial charge in [-0.25, -0.2) is 0 Å². The molecule has 0 bridgehead atoms. The summed E-state index contributed by atoms with van der Waals surface area (Å²) in [5.41, 5.74) is 2.11. The SMILES string of the molecule is CC(C)[Si](OCCC1C[C@@H]1N(C)C)(C(C)C)C(C)C. The molecular weight excluding hydrogens is 250 g/mol. The van der Waals surface area contributed by atoms with Crippen molar-refractivity contribution in [2.75, 3.05) is 20.7 Å². The summed E-state index contributed by atoms with van der Waals surface area (Å²) in [4.78, 5) is 2.36. The fraction of sp³-hybridized carbons (Fsp3) is 1.00. The molecule has 0 saturated heterocycles. The van der Waals surface area contributed by atoms with Crippen LogP contribution in [0.25, 0.3) is 0 Å². The van der Waals surface area contributed by atoms with Gasteiger partial charge in [0.1, 0.15) is 0 Å². The zero-order valence-electron chi connectivity index (χ0n) is 14.4. The molecule has 114 valence electrons. The average molecular weight is 286 g/mol. The topological polar surface area (TPSA) is 12.5 Å². The van der Waals surface area contributed by atoms with Gasteiger partial charge in [0.15, 0.2) is 8.32 Å². The second kappa shape index (κ2) is 6.73. The van der Waals surface area contributed by atoms with Crippen molar-refractivity contribution < 1.29 is 4.43 Å². The predicted molar refractivity (Wildman–Crippen MR) is 87.2 cm³/mol. The highest BCUT2D eigenvalue weighted by molar-refractivity contribution is 6.77. The van der Waals surface area contributed by atoms with Crippen molar-refractivity contribution in [3.05, 3.63) is 0 Å². The molecule has 0 amide bonds. The Morgan fingerprint density at radius 1 is 1.00 bits per heavy atom. The summed E-state index contributed by atoms with van der Waals surface area (Å²) in [7, 11) is 2.76. The zero-order chi connectivity index (χ0) is 14.8. The van der Waals surface area contributed by atoms with Gasteiger partial charge in [0, 0.05) is 12.6 Å². The van der Waals surface area contributed by atoms with Gasteiger partial charge < -0.3 is 9.33 Å². The van der Waals surface area contributed by atoms with E-state index in [-0.39, 0.29) is 0 Å². The van der Waals surface area contributed by atoms with E-state index < -0.39 is 8.32 Å². The quantitative estimate of drug-likeness (QED) is 0.608. The van der Waals surface area contributed by atoms with Crippen molar-refractivity contribution in [1.29, 1.82) is 0 Å². The molecule has 0 radical (unpaired) electrons. The number of hydrogen-bond donors (Lipinski definition) is 0. The Bertz CT molecular complexity index is 254. The molecular formula is C16H35NOSi. The first-order valence-corrected chi connectivity index (χ1v) is 10.2. The minimum absolute atomic E-state index is 0.705. The molecule has 1 fully saturated rings. The van der Waals surface area contributed by atoms with Gasteiger partial charge >= 0.3 is 0 Å². The molecule has 1 aliphatic rings. The molecule has 1 unspecified atom stereocenters. The lowest BCUT2D eigenvalue weighted by Crippen LogP contribution is -2.48. The summed E-state index contributed by atoms with van der Waals surface area (Å²) in [5.74, 6) is 0.883. The number of rotatable bonds is 8. The number of nitrogens with zero attached hydrogens (tertiary/aromatic N) is 1. The lowest BCUT2D eigenvalue weighted by molar-refractivity contribution is 0.257. The lowest BCUT2D eigenvalue weighted by Gasteiger charge is -2.42. The molecule has 0 spiro atoms. The first kappa shape index (κ1) is 17.2. The maximum atomic E-state index is 6.61. The molecule has 2 atom stereocenters. The summed E-state index contributed by atoms with van der Waals surface area (Å²) >= 11 is 0. The molecule has 0 N–H and O–H groups in total. The Labute approximate surface area is 122 Å². The van der Waals surface area contributed by atoms with Crippen LogP contribution in [0, 0.1) is 5.92 Å². The zero-order valence-corrected chi connectivity index (χ0v) is 15.4. The minimum Gasteiger partial charge on any atom is -0.416 e. The Balaban J connectivity index is 2.51. The van der Waals surface area contributed by atoms with Crippen molar-refractivity contribution in [3.8, 4) is 0 Å². The molecule has 1 rings (SSSR count). The van der Waals surface area contributed by atoms with Crippen molar-refractivity contribution in [3.63, 3.8) is 0 Å². The lowest BCUT2D eigenvalue weighted by atomic mass is 10.3. The third kappa shape index (κ3) is 3.83. The normalized spacial score (nSPS) is 24.0. The molecule has 0 heterocycles. The summed E-state index contributed by atoms with van der Waals surface area (Å²) in [6.45, 7) is 15.2. The van der Waals surface area contributed by atoms with E-state index in [1.807, 2.05) is 0 Å². The summed E-state index contributed by atoms with van der Waals surface area (Å²) in [5, 5.41) is 0. The Kier molecular flexibility index (Phi) is 6.09.